The van der Waals surface area contributed by atoms with Crippen LogP contribution in [0.15, 0.2) is 40.1 Å². The first-order valence-electron chi connectivity index (χ1n) is 7.82. The lowest BCUT2D eigenvalue weighted by Gasteiger charge is -2.22. The molecule has 0 spiro atoms. The fraction of sp³-hybridized carbons (Fsp3) is 0.412. The van der Waals surface area contributed by atoms with Gasteiger partial charge in [0, 0.05) is 49.3 Å². The first-order chi connectivity index (χ1) is 11.5. The Morgan fingerprint density at radius 2 is 2.25 bits per heavy atom. The van der Waals surface area contributed by atoms with Crippen LogP contribution in [0.5, 0.6) is 5.88 Å². The van der Waals surface area contributed by atoms with Gasteiger partial charge in [0.1, 0.15) is 0 Å². The van der Waals surface area contributed by atoms with Gasteiger partial charge < -0.3 is 19.5 Å². The van der Waals surface area contributed by atoms with E-state index in [1.165, 1.54) is 5.69 Å². The van der Waals surface area contributed by atoms with Gasteiger partial charge in [0.05, 0.1) is 20.2 Å². The molecular formula is C17H24BrN5O. The summed E-state index contributed by atoms with van der Waals surface area (Å²) >= 11 is 3.51. The molecule has 0 radical (unpaired) electrons. The highest BCUT2D eigenvalue weighted by Crippen LogP contribution is 2.15. The molecule has 24 heavy (non-hydrogen) atoms. The van der Waals surface area contributed by atoms with Gasteiger partial charge >= 0.3 is 0 Å². The minimum Gasteiger partial charge on any atom is -0.481 e. The van der Waals surface area contributed by atoms with Gasteiger partial charge in [-0.3, -0.25) is 0 Å². The Kier molecular flexibility index (Phi) is 6.66. The predicted octanol–water partition coefficient (Wildman–Crippen LogP) is 2.79. The largest absolute Gasteiger partial charge is 0.481 e. The van der Waals surface area contributed by atoms with Gasteiger partial charge in [-0.15, -0.1) is 0 Å². The molecule has 0 saturated heterocycles. The Labute approximate surface area is 151 Å². The summed E-state index contributed by atoms with van der Waals surface area (Å²) in [5, 5.41) is 3.33. The molecule has 0 saturated carbocycles. The van der Waals surface area contributed by atoms with Crippen molar-refractivity contribution in [3.63, 3.8) is 0 Å². The highest BCUT2D eigenvalue weighted by Gasteiger charge is 2.09. The van der Waals surface area contributed by atoms with Crippen LogP contribution in [0.1, 0.15) is 18.2 Å². The molecule has 0 aromatic carbocycles. The quantitative estimate of drug-likeness (QED) is 0.605. The van der Waals surface area contributed by atoms with E-state index in [2.05, 4.69) is 54.9 Å². The van der Waals surface area contributed by atoms with Crippen molar-refractivity contribution in [3.05, 3.63) is 46.3 Å². The topological polar surface area (TPSA) is 54.7 Å². The number of nitrogens with one attached hydrogen (secondary N) is 1. The van der Waals surface area contributed by atoms with Crippen molar-refractivity contribution < 1.29 is 4.74 Å². The number of nitrogens with zero attached hydrogens (tertiary/aromatic N) is 4. The van der Waals surface area contributed by atoms with Crippen molar-refractivity contribution >= 4 is 21.9 Å². The van der Waals surface area contributed by atoms with Gasteiger partial charge in [0.25, 0.3) is 0 Å². The molecule has 0 aliphatic heterocycles. The molecule has 0 amide bonds. The first kappa shape index (κ1) is 18.3. The Morgan fingerprint density at radius 3 is 2.79 bits per heavy atom. The van der Waals surface area contributed by atoms with Gasteiger partial charge in [0.2, 0.25) is 5.88 Å². The van der Waals surface area contributed by atoms with Crippen LogP contribution in [0.25, 0.3) is 0 Å². The third-order valence-electron chi connectivity index (χ3n) is 3.59. The number of aromatic nitrogens is 2. The van der Waals surface area contributed by atoms with Gasteiger partial charge in [-0.2, -0.15) is 0 Å². The van der Waals surface area contributed by atoms with Crippen molar-refractivity contribution in [2.75, 3.05) is 20.7 Å². The number of aliphatic imine (C=N–C) groups is 1. The lowest BCUT2D eigenvalue weighted by Crippen LogP contribution is -2.38. The maximum atomic E-state index is 5.08. The Bertz CT molecular complexity index is 681. The van der Waals surface area contributed by atoms with E-state index in [0.29, 0.717) is 12.4 Å². The predicted molar refractivity (Wildman–Crippen MR) is 100 cm³/mol. The zero-order valence-corrected chi connectivity index (χ0v) is 16.2. The Hall–Kier alpha value is -2.02. The average molecular weight is 394 g/mol. The van der Waals surface area contributed by atoms with E-state index in [4.69, 9.17) is 9.73 Å². The van der Waals surface area contributed by atoms with E-state index >= 15 is 0 Å². The molecule has 2 aromatic heterocycles. The summed E-state index contributed by atoms with van der Waals surface area (Å²) < 4.78 is 8.27. The minimum atomic E-state index is 0.570. The molecule has 0 unspecified atom stereocenters. The first-order valence-corrected chi connectivity index (χ1v) is 8.62. The minimum absolute atomic E-state index is 0.570. The van der Waals surface area contributed by atoms with Gasteiger partial charge in [-0.05, 0) is 34.5 Å². The van der Waals surface area contributed by atoms with Crippen molar-refractivity contribution in [2.45, 2.75) is 20.0 Å². The summed E-state index contributed by atoms with van der Waals surface area (Å²) in [6.45, 7) is 4.23. The van der Waals surface area contributed by atoms with Crippen LogP contribution in [0.4, 0.5) is 0 Å². The normalized spacial score (nSPS) is 11.5. The molecule has 7 heteroatoms. The highest BCUT2D eigenvalue weighted by atomic mass is 79.9. The number of methoxy groups -OCH3 is 1. The fourth-order valence-corrected chi connectivity index (χ4v) is 2.87. The maximum absolute atomic E-state index is 5.08. The van der Waals surface area contributed by atoms with Gasteiger partial charge in [-0.1, -0.05) is 6.07 Å². The number of pyridine rings is 1. The van der Waals surface area contributed by atoms with Crippen LogP contribution in [-0.2, 0) is 20.1 Å². The number of guanidine groups is 1. The lowest BCUT2D eigenvalue weighted by atomic mass is 10.3. The summed E-state index contributed by atoms with van der Waals surface area (Å²) in [7, 11) is 5.69. The van der Waals surface area contributed by atoms with Crippen molar-refractivity contribution in [3.8, 4) is 5.88 Å². The van der Waals surface area contributed by atoms with Crippen LogP contribution >= 0.6 is 15.9 Å². The van der Waals surface area contributed by atoms with E-state index < -0.39 is 0 Å². The molecule has 130 valence electrons. The number of ether oxygens (including phenoxy) is 1. The average Bonchev–Trinajstić information content (AvgIpc) is 2.89. The number of halogens is 1. The second-order valence-electron chi connectivity index (χ2n) is 5.50. The molecule has 0 fully saturated rings. The molecule has 2 heterocycles. The molecule has 2 rings (SSSR count). The van der Waals surface area contributed by atoms with E-state index in [1.807, 2.05) is 26.2 Å². The highest BCUT2D eigenvalue weighted by molar-refractivity contribution is 9.10. The molecule has 6 nitrogen and oxygen atoms in total. The Balaban J connectivity index is 2.07. The van der Waals surface area contributed by atoms with Crippen molar-refractivity contribution in [2.24, 2.45) is 12.0 Å². The van der Waals surface area contributed by atoms with Crippen LogP contribution in [-0.4, -0.2) is 41.1 Å². The van der Waals surface area contributed by atoms with Crippen LogP contribution in [0.2, 0.25) is 0 Å². The van der Waals surface area contributed by atoms with Gasteiger partial charge in [-0.25, -0.2) is 9.98 Å². The van der Waals surface area contributed by atoms with E-state index in [0.717, 1.165) is 29.1 Å². The molecular weight excluding hydrogens is 370 g/mol. The number of hydrogen-bond acceptors (Lipinski definition) is 3. The summed E-state index contributed by atoms with van der Waals surface area (Å²) in [5.41, 5.74) is 2.25. The second-order valence-corrected chi connectivity index (χ2v) is 6.41. The van der Waals surface area contributed by atoms with Crippen molar-refractivity contribution in [1.29, 1.82) is 0 Å². The fourth-order valence-electron chi connectivity index (χ4n) is 2.30. The monoisotopic (exact) mass is 393 g/mol. The van der Waals surface area contributed by atoms with Crippen LogP contribution < -0.4 is 10.1 Å². The molecule has 0 aliphatic rings. The SMILES string of the molecule is CCNC(=NCc1ccc(OC)nc1)N(C)Cc1cc(Br)cn1C. The molecule has 0 bridgehead atoms. The summed E-state index contributed by atoms with van der Waals surface area (Å²) in [5.74, 6) is 1.48. The van der Waals surface area contributed by atoms with Crippen LogP contribution in [0, 0.1) is 0 Å². The van der Waals surface area contributed by atoms with Gasteiger partial charge in [0.15, 0.2) is 5.96 Å². The zero-order valence-electron chi connectivity index (χ0n) is 14.6. The summed E-state index contributed by atoms with van der Waals surface area (Å²) in [6.07, 6.45) is 3.84. The third-order valence-corrected chi connectivity index (χ3v) is 4.02. The summed E-state index contributed by atoms with van der Waals surface area (Å²) in [6, 6.07) is 5.95. The number of aryl methyl sites for hydroxylation is 1. The Morgan fingerprint density at radius 1 is 1.46 bits per heavy atom. The summed E-state index contributed by atoms with van der Waals surface area (Å²) in [4.78, 5) is 11.0. The van der Waals surface area contributed by atoms with E-state index in [9.17, 15) is 0 Å². The number of hydrogen-bond donors (Lipinski definition) is 1. The van der Waals surface area contributed by atoms with E-state index in [-0.39, 0.29) is 0 Å². The standard InChI is InChI=1S/C17H24BrN5O/c1-5-19-17(21-10-13-6-7-16(24-4)20-9-13)23(3)12-15-8-14(18)11-22(15)2/h6-9,11H,5,10,12H2,1-4H3,(H,19,21). The molecule has 0 aliphatic carbocycles. The zero-order chi connectivity index (χ0) is 17.5. The molecule has 2 aromatic rings. The van der Waals surface area contributed by atoms with Crippen molar-refractivity contribution in [1.82, 2.24) is 19.8 Å². The molecule has 0 atom stereocenters. The lowest BCUT2D eigenvalue weighted by molar-refractivity contribution is 0.397. The smallest absolute Gasteiger partial charge is 0.212 e. The van der Waals surface area contributed by atoms with Crippen LogP contribution in [0.3, 0.4) is 0 Å². The number of rotatable bonds is 6. The second kappa shape index (κ2) is 8.73. The molecule has 1 N–H and O–H groups in total. The maximum Gasteiger partial charge on any atom is 0.212 e. The van der Waals surface area contributed by atoms with E-state index in [1.54, 1.807) is 13.3 Å². The third kappa shape index (κ3) is 4.99.